The molecule has 0 spiro atoms. The van der Waals surface area contributed by atoms with Gasteiger partial charge in [0.05, 0.1) is 22.6 Å². The van der Waals surface area contributed by atoms with Crippen molar-refractivity contribution < 1.29 is 4.79 Å². The van der Waals surface area contributed by atoms with E-state index in [0.717, 1.165) is 16.8 Å². The van der Waals surface area contributed by atoms with Crippen LogP contribution >= 0.6 is 11.6 Å². The third-order valence-electron chi connectivity index (χ3n) is 3.05. The van der Waals surface area contributed by atoms with Gasteiger partial charge in [-0.25, -0.2) is 4.98 Å². The van der Waals surface area contributed by atoms with Crippen LogP contribution in [0.15, 0.2) is 30.5 Å². The standard InChI is InChI=1S/C16H18ClN3O/c1-4-15(21)19-12-5-6-14(18-9-12)20-16-11(3)7-10(2)8-13(16)17/h5-9H,4H2,1-3H3,(H,18,20)(H,19,21). The summed E-state index contributed by atoms with van der Waals surface area (Å²) in [4.78, 5) is 15.6. The number of nitrogens with one attached hydrogen (secondary N) is 2. The van der Waals surface area contributed by atoms with Crippen molar-refractivity contribution >= 4 is 34.7 Å². The highest BCUT2D eigenvalue weighted by Crippen LogP contribution is 2.29. The van der Waals surface area contributed by atoms with Crippen LogP contribution in [0.2, 0.25) is 5.02 Å². The van der Waals surface area contributed by atoms with E-state index in [4.69, 9.17) is 11.6 Å². The van der Waals surface area contributed by atoms with Gasteiger partial charge in [-0.2, -0.15) is 0 Å². The number of anilines is 3. The molecule has 0 aliphatic carbocycles. The first-order chi connectivity index (χ1) is 9.99. The third-order valence-corrected chi connectivity index (χ3v) is 3.35. The maximum absolute atomic E-state index is 11.3. The predicted octanol–water partition coefficient (Wildman–Crippen LogP) is 4.44. The van der Waals surface area contributed by atoms with Crippen LogP contribution in [0.5, 0.6) is 0 Å². The molecule has 0 atom stereocenters. The van der Waals surface area contributed by atoms with Crippen LogP contribution in [-0.4, -0.2) is 10.9 Å². The van der Waals surface area contributed by atoms with Crippen LogP contribution in [0.3, 0.4) is 0 Å². The Hall–Kier alpha value is -2.07. The van der Waals surface area contributed by atoms with Gasteiger partial charge in [0, 0.05) is 6.42 Å². The predicted molar refractivity (Wildman–Crippen MR) is 87.4 cm³/mol. The Kier molecular flexibility index (Phi) is 4.81. The number of benzene rings is 1. The number of hydrogen-bond acceptors (Lipinski definition) is 3. The Bertz CT molecular complexity index is 630. The van der Waals surface area contributed by atoms with Crippen molar-refractivity contribution in [3.8, 4) is 0 Å². The minimum absolute atomic E-state index is 0.0325. The fourth-order valence-corrected chi connectivity index (χ4v) is 2.36. The van der Waals surface area contributed by atoms with E-state index in [1.54, 1.807) is 25.3 Å². The lowest BCUT2D eigenvalue weighted by Crippen LogP contribution is -2.09. The largest absolute Gasteiger partial charge is 0.339 e. The van der Waals surface area contributed by atoms with Gasteiger partial charge < -0.3 is 10.6 Å². The fraction of sp³-hybridized carbons (Fsp3) is 0.250. The maximum Gasteiger partial charge on any atom is 0.224 e. The van der Waals surface area contributed by atoms with Crippen LogP contribution in [0.25, 0.3) is 0 Å². The number of rotatable bonds is 4. The third kappa shape index (κ3) is 3.95. The summed E-state index contributed by atoms with van der Waals surface area (Å²) < 4.78 is 0. The lowest BCUT2D eigenvalue weighted by molar-refractivity contribution is -0.115. The fourth-order valence-electron chi connectivity index (χ4n) is 1.99. The molecule has 1 aromatic carbocycles. The number of hydrogen-bond donors (Lipinski definition) is 2. The summed E-state index contributed by atoms with van der Waals surface area (Å²) in [5.41, 5.74) is 3.71. The first-order valence-electron chi connectivity index (χ1n) is 6.79. The average molecular weight is 304 g/mol. The molecule has 0 aliphatic rings. The Morgan fingerprint density at radius 2 is 2.05 bits per heavy atom. The monoisotopic (exact) mass is 303 g/mol. The zero-order chi connectivity index (χ0) is 15.4. The van der Waals surface area contributed by atoms with Gasteiger partial charge >= 0.3 is 0 Å². The molecule has 1 amide bonds. The second-order valence-corrected chi connectivity index (χ2v) is 5.30. The molecule has 5 heteroatoms. The van der Waals surface area contributed by atoms with Crippen LogP contribution in [0.4, 0.5) is 17.2 Å². The summed E-state index contributed by atoms with van der Waals surface area (Å²) in [6.45, 7) is 5.81. The zero-order valence-electron chi connectivity index (χ0n) is 12.3. The van der Waals surface area contributed by atoms with Crippen molar-refractivity contribution in [2.75, 3.05) is 10.6 Å². The molecule has 0 aliphatic heterocycles. The van der Waals surface area contributed by atoms with E-state index in [2.05, 4.69) is 21.7 Å². The smallest absolute Gasteiger partial charge is 0.224 e. The topological polar surface area (TPSA) is 54.0 Å². The van der Waals surface area contributed by atoms with Gasteiger partial charge in [-0.3, -0.25) is 4.79 Å². The summed E-state index contributed by atoms with van der Waals surface area (Å²) in [5, 5.41) is 6.63. The molecule has 1 heterocycles. The van der Waals surface area contributed by atoms with E-state index in [-0.39, 0.29) is 5.91 Å². The molecule has 4 nitrogen and oxygen atoms in total. The SMILES string of the molecule is CCC(=O)Nc1ccc(Nc2c(C)cc(C)cc2Cl)nc1. The Balaban J connectivity index is 2.16. The van der Waals surface area contributed by atoms with Crippen molar-refractivity contribution in [3.05, 3.63) is 46.6 Å². The molecular formula is C16H18ClN3O. The Labute approximate surface area is 129 Å². The number of amides is 1. The number of carbonyl (C=O) groups excluding carboxylic acids is 1. The van der Waals surface area contributed by atoms with Gasteiger partial charge in [0.15, 0.2) is 0 Å². The first-order valence-corrected chi connectivity index (χ1v) is 7.17. The van der Waals surface area contributed by atoms with E-state index >= 15 is 0 Å². The van der Waals surface area contributed by atoms with Crippen molar-refractivity contribution in [1.29, 1.82) is 0 Å². The number of halogens is 1. The zero-order valence-corrected chi connectivity index (χ0v) is 13.1. The van der Waals surface area contributed by atoms with Gasteiger partial charge in [-0.05, 0) is 43.2 Å². The molecule has 110 valence electrons. The molecule has 0 unspecified atom stereocenters. The number of nitrogens with zero attached hydrogens (tertiary/aromatic N) is 1. The van der Waals surface area contributed by atoms with Crippen molar-refractivity contribution in [3.63, 3.8) is 0 Å². The number of carbonyl (C=O) groups is 1. The van der Waals surface area contributed by atoms with Gasteiger partial charge in [-0.1, -0.05) is 24.6 Å². The summed E-state index contributed by atoms with van der Waals surface area (Å²) in [6, 6.07) is 7.58. The van der Waals surface area contributed by atoms with Gasteiger partial charge in [0.1, 0.15) is 5.82 Å². The second-order valence-electron chi connectivity index (χ2n) is 4.90. The lowest BCUT2D eigenvalue weighted by atomic mass is 10.1. The molecule has 2 N–H and O–H groups in total. The summed E-state index contributed by atoms with van der Waals surface area (Å²) in [6.07, 6.45) is 2.06. The summed E-state index contributed by atoms with van der Waals surface area (Å²) in [7, 11) is 0. The van der Waals surface area contributed by atoms with E-state index in [0.29, 0.717) is 22.9 Å². The minimum atomic E-state index is -0.0325. The number of aromatic nitrogens is 1. The minimum Gasteiger partial charge on any atom is -0.339 e. The molecule has 21 heavy (non-hydrogen) atoms. The molecule has 0 fully saturated rings. The Morgan fingerprint density at radius 1 is 1.29 bits per heavy atom. The first kappa shape index (κ1) is 15.3. The maximum atomic E-state index is 11.3. The van der Waals surface area contributed by atoms with E-state index < -0.39 is 0 Å². The second kappa shape index (κ2) is 6.59. The average Bonchev–Trinajstić information content (AvgIpc) is 2.44. The molecule has 2 aromatic rings. The van der Waals surface area contributed by atoms with E-state index in [9.17, 15) is 4.79 Å². The number of aryl methyl sites for hydroxylation is 2. The van der Waals surface area contributed by atoms with Gasteiger partial charge in [0.2, 0.25) is 5.91 Å². The van der Waals surface area contributed by atoms with Crippen LogP contribution in [0, 0.1) is 13.8 Å². The Morgan fingerprint density at radius 3 is 2.62 bits per heavy atom. The van der Waals surface area contributed by atoms with Gasteiger partial charge in [-0.15, -0.1) is 0 Å². The van der Waals surface area contributed by atoms with Crippen molar-refractivity contribution in [1.82, 2.24) is 4.98 Å². The summed E-state index contributed by atoms with van der Waals surface area (Å²) in [5.74, 6) is 0.647. The highest BCUT2D eigenvalue weighted by atomic mass is 35.5. The van der Waals surface area contributed by atoms with E-state index in [1.165, 1.54) is 0 Å². The van der Waals surface area contributed by atoms with Gasteiger partial charge in [0.25, 0.3) is 0 Å². The highest BCUT2D eigenvalue weighted by molar-refractivity contribution is 6.33. The lowest BCUT2D eigenvalue weighted by Gasteiger charge is -2.12. The molecule has 1 aromatic heterocycles. The van der Waals surface area contributed by atoms with Crippen molar-refractivity contribution in [2.45, 2.75) is 27.2 Å². The quantitative estimate of drug-likeness (QED) is 0.877. The van der Waals surface area contributed by atoms with Crippen LogP contribution in [-0.2, 0) is 4.79 Å². The molecular weight excluding hydrogens is 286 g/mol. The van der Waals surface area contributed by atoms with Crippen molar-refractivity contribution in [2.24, 2.45) is 0 Å². The summed E-state index contributed by atoms with van der Waals surface area (Å²) >= 11 is 6.26. The molecule has 0 saturated heterocycles. The number of pyridine rings is 1. The van der Waals surface area contributed by atoms with E-state index in [1.807, 2.05) is 19.9 Å². The van der Waals surface area contributed by atoms with Crippen LogP contribution < -0.4 is 10.6 Å². The normalized spacial score (nSPS) is 10.3. The highest BCUT2D eigenvalue weighted by Gasteiger charge is 2.07. The van der Waals surface area contributed by atoms with Crippen LogP contribution in [0.1, 0.15) is 24.5 Å². The molecule has 0 radical (unpaired) electrons. The molecule has 0 bridgehead atoms. The molecule has 0 saturated carbocycles. The molecule has 2 rings (SSSR count).